The lowest BCUT2D eigenvalue weighted by molar-refractivity contribution is 0.0947. The highest BCUT2D eigenvalue weighted by molar-refractivity contribution is 7.91. The van der Waals surface area contributed by atoms with Gasteiger partial charge in [-0.25, -0.2) is 18.4 Å². The minimum Gasteiger partial charge on any atom is -0.494 e. The zero-order valence-electron chi connectivity index (χ0n) is 21.1. The number of ether oxygens (including phenoxy) is 3. The van der Waals surface area contributed by atoms with Gasteiger partial charge in [0.25, 0.3) is 0 Å². The highest BCUT2D eigenvalue weighted by atomic mass is 32.2. The number of hydrogen-bond donors (Lipinski definition) is 1. The first-order chi connectivity index (χ1) is 17.3. The van der Waals surface area contributed by atoms with Gasteiger partial charge in [-0.1, -0.05) is 6.07 Å². The van der Waals surface area contributed by atoms with Crippen LogP contribution >= 0.6 is 0 Å². The van der Waals surface area contributed by atoms with E-state index in [2.05, 4.69) is 25.5 Å². The molecule has 1 aromatic carbocycles. The first-order valence-corrected chi connectivity index (χ1v) is 13.4. The van der Waals surface area contributed by atoms with E-state index in [1.807, 2.05) is 13.0 Å². The van der Waals surface area contributed by atoms with E-state index < -0.39 is 21.2 Å². The van der Waals surface area contributed by atoms with Crippen LogP contribution < -0.4 is 14.8 Å². The van der Waals surface area contributed by atoms with Crippen LogP contribution in [0.1, 0.15) is 48.4 Å². The van der Waals surface area contributed by atoms with Crippen molar-refractivity contribution in [2.24, 2.45) is 0 Å². The van der Waals surface area contributed by atoms with Gasteiger partial charge in [0.05, 0.1) is 19.5 Å². The number of sulfone groups is 1. The third kappa shape index (κ3) is 5.06. The predicted molar refractivity (Wildman–Crippen MR) is 133 cm³/mol. The number of nitrogens with zero attached hydrogens (tertiary/aromatic N) is 5. The zero-order valence-corrected chi connectivity index (χ0v) is 21.9. The molecule has 1 fully saturated rings. The van der Waals surface area contributed by atoms with E-state index in [1.165, 1.54) is 7.11 Å². The first kappa shape index (κ1) is 26.0. The number of aryl methyl sites for hydroxylation is 1. The summed E-state index contributed by atoms with van der Waals surface area (Å²) in [6.45, 7) is 5.02. The van der Waals surface area contributed by atoms with E-state index >= 15 is 0 Å². The monoisotopic (exact) mass is 516 g/mol. The van der Waals surface area contributed by atoms with E-state index in [1.54, 1.807) is 50.2 Å². The molecule has 0 unspecified atom stereocenters. The Hall–Kier alpha value is -3.09. The van der Waals surface area contributed by atoms with Gasteiger partial charge in [0.1, 0.15) is 34.9 Å². The average molecular weight is 517 g/mol. The summed E-state index contributed by atoms with van der Waals surface area (Å²) in [7, 11) is 0.780. The molecule has 0 spiro atoms. The lowest BCUT2D eigenvalue weighted by Crippen LogP contribution is -2.30. The van der Waals surface area contributed by atoms with Crippen LogP contribution in [0, 0.1) is 6.92 Å². The number of rotatable bonds is 10. The van der Waals surface area contributed by atoms with Crippen LogP contribution in [0.15, 0.2) is 30.6 Å². The molecule has 12 heteroatoms. The Bertz CT molecular complexity index is 1270. The van der Waals surface area contributed by atoms with Crippen LogP contribution in [0.5, 0.6) is 11.5 Å². The normalized spacial score (nSPS) is 17.6. The van der Waals surface area contributed by atoms with E-state index in [4.69, 9.17) is 14.2 Å². The molecule has 36 heavy (non-hydrogen) atoms. The maximum atomic E-state index is 13.7. The van der Waals surface area contributed by atoms with Gasteiger partial charge in [0.2, 0.25) is 0 Å². The van der Waals surface area contributed by atoms with Gasteiger partial charge in [-0.3, -0.25) is 4.57 Å². The Morgan fingerprint density at radius 3 is 2.33 bits per heavy atom. The molecule has 0 bridgehead atoms. The van der Waals surface area contributed by atoms with Gasteiger partial charge in [-0.15, -0.1) is 10.2 Å². The Morgan fingerprint density at radius 2 is 1.78 bits per heavy atom. The second kappa shape index (κ2) is 10.9. The quantitative estimate of drug-likeness (QED) is 0.428. The summed E-state index contributed by atoms with van der Waals surface area (Å²) in [5.41, 5.74) is 1.44. The first-order valence-electron chi connectivity index (χ1n) is 11.7. The van der Waals surface area contributed by atoms with Gasteiger partial charge in [-0.05, 0) is 44.5 Å². The van der Waals surface area contributed by atoms with Crippen molar-refractivity contribution in [3.05, 3.63) is 53.6 Å². The Kier molecular flexibility index (Phi) is 7.86. The highest BCUT2D eigenvalue weighted by Gasteiger charge is 2.36. The fourth-order valence-electron chi connectivity index (χ4n) is 4.42. The minimum atomic E-state index is -3.79. The molecule has 1 aliphatic rings. The number of hydrogen-bond acceptors (Lipinski definition) is 10. The summed E-state index contributed by atoms with van der Waals surface area (Å²) in [5.74, 6) is 1.98. The smallest absolute Gasteiger partial charge is 0.163 e. The van der Waals surface area contributed by atoms with Crippen molar-refractivity contribution in [2.45, 2.75) is 43.3 Å². The van der Waals surface area contributed by atoms with Crippen LogP contribution in [0.4, 0.5) is 0 Å². The molecule has 3 atom stereocenters. The molecule has 194 valence electrons. The molecule has 0 amide bonds. The van der Waals surface area contributed by atoms with Crippen LogP contribution in [-0.4, -0.2) is 72.8 Å². The summed E-state index contributed by atoms with van der Waals surface area (Å²) in [4.78, 5) is 8.57. The van der Waals surface area contributed by atoms with Crippen molar-refractivity contribution >= 4 is 9.84 Å². The van der Waals surface area contributed by atoms with E-state index in [-0.39, 0.29) is 17.5 Å². The molecule has 3 heterocycles. The number of para-hydroxylation sites is 1. The largest absolute Gasteiger partial charge is 0.494 e. The van der Waals surface area contributed by atoms with Crippen molar-refractivity contribution in [2.75, 3.05) is 34.4 Å². The predicted octanol–water partition coefficient (Wildman–Crippen LogP) is 2.15. The molecule has 1 aliphatic heterocycles. The van der Waals surface area contributed by atoms with Crippen molar-refractivity contribution in [1.29, 1.82) is 0 Å². The molecule has 3 aromatic rings. The van der Waals surface area contributed by atoms with E-state index in [0.29, 0.717) is 28.8 Å². The lowest BCUT2D eigenvalue weighted by Gasteiger charge is -2.22. The van der Waals surface area contributed by atoms with Crippen molar-refractivity contribution in [1.82, 2.24) is 30.0 Å². The molecule has 1 saturated heterocycles. The molecule has 0 saturated carbocycles. The summed E-state index contributed by atoms with van der Waals surface area (Å²) in [6, 6.07) is 5.40. The second-order valence-electron chi connectivity index (χ2n) is 8.80. The van der Waals surface area contributed by atoms with Gasteiger partial charge in [-0.2, -0.15) is 0 Å². The summed E-state index contributed by atoms with van der Waals surface area (Å²) >= 11 is 0. The maximum absolute atomic E-state index is 13.7. The molecule has 1 N–H and O–H groups in total. The highest BCUT2D eigenvalue weighted by Crippen LogP contribution is 2.37. The van der Waals surface area contributed by atoms with Crippen LogP contribution in [0.2, 0.25) is 0 Å². The van der Waals surface area contributed by atoms with Gasteiger partial charge < -0.3 is 19.5 Å². The van der Waals surface area contributed by atoms with Gasteiger partial charge in [0, 0.05) is 32.0 Å². The molecule has 11 nitrogen and oxygen atoms in total. The summed E-state index contributed by atoms with van der Waals surface area (Å²) < 4.78 is 45.9. The third-order valence-corrected chi connectivity index (χ3v) is 8.48. The fraction of sp³-hybridized carbons (Fsp3) is 0.500. The van der Waals surface area contributed by atoms with E-state index in [0.717, 1.165) is 25.1 Å². The number of methoxy groups -OCH3 is 3. The number of aromatic nitrogens is 5. The number of nitrogens with one attached hydrogen (secondary N) is 1. The summed E-state index contributed by atoms with van der Waals surface area (Å²) in [6.07, 6.45) is 3.29. The maximum Gasteiger partial charge on any atom is 0.163 e. The SMILES string of the molecule is COc1cccc(OC)c1-n1c(CS(=O)(=O)[C@@H](C)[C@H](OC)c2ncc(C)cn2)nnc1[C@@H]1CCNC1. The van der Waals surface area contributed by atoms with Crippen LogP contribution in [-0.2, 0) is 20.3 Å². The van der Waals surface area contributed by atoms with Crippen molar-refractivity contribution < 1.29 is 22.6 Å². The lowest BCUT2D eigenvalue weighted by atomic mass is 10.1. The average Bonchev–Trinajstić information content (AvgIpc) is 3.54. The van der Waals surface area contributed by atoms with Gasteiger partial charge >= 0.3 is 0 Å². The van der Waals surface area contributed by atoms with Crippen molar-refractivity contribution in [3.8, 4) is 17.2 Å². The number of benzene rings is 1. The Labute approximate surface area is 211 Å². The second-order valence-corrected chi connectivity index (χ2v) is 11.2. The van der Waals surface area contributed by atoms with Crippen molar-refractivity contribution in [3.63, 3.8) is 0 Å². The zero-order chi connectivity index (χ0) is 25.9. The Balaban J connectivity index is 1.77. The van der Waals surface area contributed by atoms with Crippen LogP contribution in [0.25, 0.3) is 5.69 Å². The topological polar surface area (TPSA) is 130 Å². The fourth-order valence-corrected chi connectivity index (χ4v) is 5.83. The molecular weight excluding hydrogens is 484 g/mol. The molecule has 0 aliphatic carbocycles. The molecule has 0 radical (unpaired) electrons. The van der Waals surface area contributed by atoms with Gasteiger partial charge in [0.15, 0.2) is 21.5 Å². The van der Waals surface area contributed by atoms with E-state index in [9.17, 15) is 8.42 Å². The minimum absolute atomic E-state index is 0.0636. The standard InChI is InChI=1S/C24H32N6O5S/c1-15-11-26-23(27-12-15)22(35-5)16(2)36(31,32)14-20-28-29-24(17-9-10-25-13-17)30(20)21-18(33-3)7-6-8-19(21)34-4/h6-8,11-12,16-17,22,25H,9-10,13-14H2,1-5H3/t16-,17+,22-/m0/s1. The third-order valence-electron chi connectivity index (χ3n) is 6.44. The Morgan fingerprint density at radius 1 is 1.11 bits per heavy atom. The molecular formula is C24H32N6O5S. The van der Waals surface area contributed by atoms with Crippen LogP contribution in [0.3, 0.4) is 0 Å². The molecule has 2 aromatic heterocycles. The summed E-state index contributed by atoms with van der Waals surface area (Å²) in [5, 5.41) is 11.2. The molecule has 4 rings (SSSR count).